The third kappa shape index (κ3) is 0.614. The summed E-state index contributed by atoms with van der Waals surface area (Å²) >= 11 is 0. The summed E-state index contributed by atoms with van der Waals surface area (Å²) in [6.45, 7) is 2.71. The molecule has 0 atom stereocenters. The molecule has 0 spiro atoms. The first-order chi connectivity index (χ1) is 4.47. The second-order valence-electron chi connectivity index (χ2n) is 1.66. The van der Waals surface area contributed by atoms with E-state index in [1.807, 2.05) is 0 Å². The van der Waals surface area contributed by atoms with Gasteiger partial charge in [0.05, 0.1) is 5.70 Å². The zero-order valence-corrected chi connectivity index (χ0v) is 4.57. The molecule has 0 saturated heterocycles. The highest BCUT2D eigenvalue weighted by molar-refractivity contribution is 6.16. The summed E-state index contributed by atoms with van der Waals surface area (Å²) in [6.07, 6.45) is 4.96. The minimum absolute atomic E-state index is 0.734. The maximum absolute atomic E-state index is 3.94. The van der Waals surface area contributed by atoms with Gasteiger partial charge in [-0.05, 0) is 6.08 Å². The normalized spacial score (nSPS) is 21.3. The molecule has 0 unspecified atom stereocenters. The monoisotopic (exact) mass is 117 g/mol. The van der Waals surface area contributed by atoms with E-state index in [0.29, 0.717) is 0 Å². The molecule has 0 aromatic rings. The van der Waals surface area contributed by atoms with Gasteiger partial charge in [-0.3, -0.25) is 4.99 Å². The molecule has 0 aromatic carbocycles. The molecule has 2 rings (SSSR count). The van der Waals surface area contributed by atoms with Crippen LogP contribution < -0.4 is 0 Å². The molecule has 9 heavy (non-hydrogen) atoms. The smallest absolute Gasteiger partial charge is 0.172 e. The van der Waals surface area contributed by atoms with Crippen molar-refractivity contribution in [3.63, 3.8) is 0 Å². The molecule has 0 amide bonds. The van der Waals surface area contributed by atoms with Crippen molar-refractivity contribution >= 4 is 18.3 Å². The largest absolute Gasteiger partial charge is 0.274 e. The molecule has 2 aliphatic rings. The second-order valence-corrected chi connectivity index (χ2v) is 1.66. The number of aliphatic imine (C=N–C) groups is 3. The lowest BCUT2D eigenvalue weighted by Crippen LogP contribution is -2.00. The Morgan fingerprint density at radius 2 is 2.44 bits per heavy atom. The average molecular weight is 117 g/mol. The van der Waals surface area contributed by atoms with Crippen LogP contribution in [0.15, 0.2) is 26.8 Å². The summed E-state index contributed by atoms with van der Waals surface area (Å²) < 4.78 is 0. The van der Waals surface area contributed by atoms with Gasteiger partial charge in [0.1, 0.15) is 12.1 Å². The van der Waals surface area contributed by atoms with Crippen LogP contribution in [0.4, 0.5) is 0 Å². The van der Waals surface area contributed by atoms with E-state index in [2.05, 4.69) is 21.5 Å². The van der Waals surface area contributed by atoms with Crippen LogP contribution in [0.5, 0.6) is 0 Å². The molecule has 2 heterocycles. The number of hydrogen-bond donors (Lipinski definition) is 0. The first-order valence-electron chi connectivity index (χ1n) is 2.57. The fourth-order valence-corrected chi connectivity index (χ4v) is 0.690. The zero-order valence-electron chi connectivity index (χ0n) is 4.57. The van der Waals surface area contributed by atoms with Crippen LogP contribution in [0.1, 0.15) is 0 Å². The molecule has 2 aliphatic heterocycles. The standard InChI is InChI=1S/C6H3N3/c1-2-7-3-6-5(1)8-4-9-6/h1-2,4H. The lowest BCUT2D eigenvalue weighted by Gasteiger charge is -1.97. The summed E-state index contributed by atoms with van der Waals surface area (Å²) in [5.74, 6) is 0. The van der Waals surface area contributed by atoms with Gasteiger partial charge in [-0.2, -0.15) is 0 Å². The van der Waals surface area contributed by atoms with E-state index in [4.69, 9.17) is 0 Å². The minimum atomic E-state index is 0.734. The molecule has 0 saturated carbocycles. The Labute approximate surface area is 52.5 Å². The van der Waals surface area contributed by atoms with Gasteiger partial charge in [0.15, 0.2) is 6.54 Å². The third-order valence-corrected chi connectivity index (χ3v) is 1.10. The van der Waals surface area contributed by atoms with E-state index in [1.165, 1.54) is 6.34 Å². The Bertz CT molecular complexity index is 245. The second kappa shape index (κ2) is 1.62. The molecule has 0 aromatic heterocycles. The van der Waals surface area contributed by atoms with Crippen LogP contribution in [0.2, 0.25) is 0 Å². The van der Waals surface area contributed by atoms with Crippen LogP contribution >= 0.6 is 0 Å². The maximum Gasteiger partial charge on any atom is 0.172 e. The van der Waals surface area contributed by atoms with Gasteiger partial charge in [-0.25, -0.2) is 9.98 Å². The first kappa shape index (κ1) is 4.61. The Morgan fingerprint density at radius 1 is 1.44 bits per heavy atom. The third-order valence-electron chi connectivity index (χ3n) is 1.10. The fourth-order valence-electron chi connectivity index (χ4n) is 0.690. The molecule has 42 valence electrons. The van der Waals surface area contributed by atoms with E-state index in [0.717, 1.165) is 11.4 Å². The van der Waals surface area contributed by atoms with Gasteiger partial charge in [0.2, 0.25) is 0 Å². The van der Waals surface area contributed by atoms with E-state index >= 15 is 0 Å². The van der Waals surface area contributed by atoms with Crippen molar-refractivity contribution in [2.24, 2.45) is 15.0 Å². The Kier molecular flexibility index (Phi) is 0.828. The van der Waals surface area contributed by atoms with Crippen LogP contribution in [0, 0.1) is 6.54 Å². The lowest BCUT2D eigenvalue weighted by atomic mass is 10.2. The number of rotatable bonds is 0. The Hall–Kier alpha value is -1.25. The predicted molar refractivity (Wildman–Crippen MR) is 35.7 cm³/mol. The number of nitrogens with zero attached hydrogens (tertiary/aromatic N) is 3. The summed E-state index contributed by atoms with van der Waals surface area (Å²) in [4.78, 5) is 11.6. The van der Waals surface area contributed by atoms with Gasteiger partial charge in [0, 0.05) is 6.21 Å². The number of allylic oxidation sites excluding steroid dienone is 1. The van der Waals surface area contributed by atoms with E-state index < -0.39 is 0 Å². The van der Waals surface area contributed by atoms with Crippen molar-refractivity contribution in [2.75, 3.05) is 0 Å². The Balaban J connectivity index is 2.46. The number of fused-ring (bicyclic) bond motifs is 1. The summed E-state index contributed by atoms with van der Waals surface area (Å²) in [5, 5.41) is 0. The molecular formula is C6H3N3. The van der Waals surface area contributed by atoms with E-state index in [1.54, 1.807) is 12.3 Å². The molecule has 3 heteroatoms. The van der Waals surface area contributed by atoms with Crippen LogP contribution in [-0.2, 0) is 0 Å². The minimum Gasteiger partial charge on any atom is -0.274 e. The quantitative estimate of drug-likeness (QED) is 0.442. The molecule has 0 aliphatic carbocycles. The summed E-state index contributed by atoms with van der Waals surface area (Å²) in [6, 6.07) is 0. The van der Waals surface area contributed by atoms with E-state index in [9.17, 15) is 0 Å². The van der Waals surface area contributed by atoms with Crippen molar-refractivity contribution in [2.45, 2.75) is 0 Å². The van der Waals surface area contributed by atoms with Crippen molar-refractivity contribution in [1.29, 1.82) is 0 Å². The highest BCUT2D eigenvalue weighted by Crippen LogP contribution is 2.10. The highest BCUT2D eigenvalue weighted by Gasteiger charge is 2.11. The fraction of sp³-hybridized carbons (Fsp3) is 0. The Morgan fingerprint density at radius 3 is 3.33 bits per heavy atom. The molecule has 0 fully saturated rings. The summed E-state index contributed by atoms with van der Waals surface area (Å²) in [5.41, 5.74) is 1.59. The maximum atomic E-state index is 3.94. The average Bonchev–Trinajstić information content (AvgIpc) is 2.33. The van der Waals surface area contributed by atoms with Gasteiger partial charge < -0.3 is 0 Å². The topological polar surface area (TPSA) is 37.1 Å². The molecule has 3 nitrogen and oxygen atoms in total. The molecule has 0 bridgehead atoms. The zero-order chi connectivity index (χ0) is 6.10. The van der Waals surface area contributed by atoms with Gasteiger partial charge >= 0.3 is 0 Å². The van der Waals surface area contributed by atoms with Crippen molar-refractivity contribution < 1.29 is 0 Å². The first-order valence-corrected chi connectivity index (χ1v) is 2.57. The van der Waals surface area contributed by atoms with Crippen molar-refractivity contribution in [3.05, 3.63) is 18.3 Å². The van der Waals surface area contributed by atoms with Crippen molar-refractivity contribution in [3.8, 4) is 0 Å². The highest BCUT2D eigenvalue weighted by atomic mass is 15.0. The summed E-state index contributed by atoms with van der Waals surface area (Å²) in [7, 11) is 0. The van der Waals surface area contributed by atoms with Crippen LogP contribution in [-0.4, -0.2) is 18.3 Å². The van der Waals surface area contributed by atoms with E-state index in [-0.39, 0.29) is 0 Å². The van der Waals surface area contributed by atoms with Crippen LogP contribution in [0.25, 0.3) is 0 Å². The van der Waals surface area contributed by atoms with Crippen LogP contribution in [0.3, 0.4) is 0 Å². The predicted octanol–water partition coefficient (Wildman–Crippen LogP) is 0.476. The van der Waals surface area contributed by atoms with Gasteiger partial charge in [-0.1, -0.05) is 0 Å². The molecule has 2 radical (unpaired) electrons. The lowest BCUT2D eigenvalue weighted by molar-refractivity contribution is 1.41. The number of dihydropyridines is 1. The van der Waals surface area contributed by atoms with Gasteiger partial charge in [-0.15, -0.1) is 0 Å². The number of hydrogen-bond acceptors (Lipinski definition) is 3. The molecule has 0 N–H and O–H groups in total. The SMILES string of the molecule is [C]1N=CC=C2N=CN=C12. The molecular weight excluding hydrogens is 114 g/mol. The van der Waals surface area contributed by atoms with Gasteiger partial charge in [0.25, 0.3) is 0 Å². The van der Waals surface area contributed by atoms with Crippen molar-refractivity contribution in [1.82, 2.24) is 0 Å².